The van der Waals surface area contributed by atoms with Gasteiger partial charge in [0.05, 0.1) is 49.5 Å². The fraction of sp³-hybridized carbons (Fsp3) is 0.567. The van der Waals surface area contributed by atoms with E-state index in [4.69, 9.17) is 38.5 Å². The second-order valence-electron chi connectivity index (χ2n) is 20.8. The monoisotopic (exact) mass is 1300 g/mol. The predicted molar refractivity (Wildman–Crippen MR) is 324 cm³/mol. The number of rotatable bonds is 51. The molecule has 0 aromatic heterocycles. The van der Waals surface area contributed by atoms with Gasteiger partial charge in [0.25, 0.3) is 35.0 Å². The summed E-state index contributed by atoms with van der Waals surface area (Å²) in [6.07, 6.45) is 12.3. The van der Waals surface area contributed by atoms with E-state index in [9.17, 15) is 68.2 Å². The van der Waals surface area contributed by atoms with Gasteiger partial charge in [0.1, 0.15) is 26.3 Å². The molecule has 0 aliphatic carbocycles. The van der Waals surface area contributed by atoms with E-state index in [0.717, 1.165) is 40.4 Å². The highest BCUT2D eigenvalue weighted by Gasteiger charge is 2.25. The van der Waals surface area contributed by atoms with Gasteiger partial charge in [0.2, 0.25) is 23.6 Å². The molecule has 0 unspecified atom stereocenters. The quantitative estimate of drug-likeness (QED) is 0.0236. The number of nitro benzene ring substituents is 2. The maximum absolute atomic E-state index is 13.2. The van der Waals surface area contributed by atoms with Crippen LogP contribution in [0.1, 0.15) is 103 Å². The van der Waals surface area contributed by atoms with Crippen LogP contribution in [0, 0.1) is 20.2 Å². The fourth-order valence-corrected chi connectivity index (χ4v) is 8.62. The Morgan fingerprint density at radius 2 is 0.750 bits per heavy atom. The number of carbonyl (C=O) groups is 10. The van der Waals surface area contributed by atoms with Crippen molar-refractivity contribution in [2.24, 2.45) is 0 Å². The standard InChI is InChI=1S/C60H84N10O22/c71-51(15-7-5-11-33-67-55(75)25-26-56(67)76)63-31-35-65(36-32-64-52(72)16-8-6-12-34-68-57(77)27-28-58(68)78)59(79)87-43-41-85-39-40-86-42-44-88-60(80)66(45-53(73)61-29-9-1-3-13-37-89-91-49-21-17-47(18-22-49)69(81)82)46-54(74)62-30-10-2-4-14-38-90-92-50-23-19-48(20-24-50)70(83)84/h17-28H,1-16,29-46H2,(H,61,73)(H,62,74)(H,63,71)(H,64,72). The van der Waals surface area contributed by atoms with Crippen LogP contribution in [0.4, 0.5) is 21.0 Å². The molecular formula is C60H84N10O22. The second-order valence-corrected chi connectivity index (χ2v) is 20.8. The highest BCUT2D eigenvalue weighted by Crippen LogP contribution is 2.19. The van der Waals surface area contributed by atoms with E-state index in [1.807, 2.05) is 0 Å². The predicted octanol–water partition coefficient (Wildman–Crippen LogP) is 4.29. The van der Waals surface area contributed by atoms with Crippen LogP contribution in [0.25, 0.3) is 0 Å². The summed E-state index contributed by atoms with van der Waals surface area (Å²) in [7, 11) is 0. The van der Waals surface area contributed by atoms with Gasteiger partial charge in [-0.2, -0.15) is 9.78 Å². The second kappa shape index (κ2) is 45.2. The average molecular weight is 1300 g/mol. The summed E-state index contributed by atoms with van der Waals surface area (Å²) < 4.78 is 21.9. The molecule has 4 N–H and O–H groups in total. The minimum atomic E-state index is -0.932. The number of hydrogen-bond donors (Lipinski definition) is 4. The third kappa shape index (κ3) is 32.6. The van der Waals surface area contributed by atoms with Crippen molar-refractivity contribution in [1.29, 1.82) is 0 Å². The lowest BCUT2D eigenvalue weighted by Gasteiger charge is -2.22. The first-order valence-electron chi connectivity index (χ1n) is 30.7. The van der Waals surface area contributed by atoms with E-state index in [1.165, 1.54) is 77.7 Å². The molecule has 32 nitrogen and oxygen atoms in total. The third-order valence-electron chi connectivity index (χ3n) is 13.6. The van der Waals surface area contributed by atoms with Gasteiger partial charge in [-0.25, -0.2) is 9.59 Å². The van der Waals surface area contributed by atoms with Crippen molar-refractivity contribution in [2.45, 2.75) is 103 Å². The van der Waals surface area contributed by atoms with Crippen LogP contribution in [-0.2, 0) is 67.1 Å². The molecule has 0 saturated carbocycles. The minimum absolute atomic E-state index is 0.0198. The van der Waals surface area contributed by atoms with E-state index in [-0.39, 0.29) is 152 Å². The highest BCUT2D eigenvalue weighted by atomic mass is 17.2. The molecule has 2 aliphatic rings. The van der Waals surface area contributed by atoms with Crippen molar-refractivity contribution in [1.82, 2.24) is 40.9 Å². The lowest BCUT2D eigenvalue weighted by atomic mass is 10.2. The number of nitro groups is 2. The zero-order valence-electron chi connectivity index (χ0n) is 51.6. The zero-order valence-corrected chi connectivity index (χ0v) is 51.6. The molecule has 2 heterocycles. The Labute approximate surface area is 532 Å². The fourth-order valence-electron chi connectivity index (χ4n) is 8.62. The number of non-ortho nitro benzene ring substituents is 2. The maximum Gasteiger partial charge on any atom is 0.410 e. The molecule has 0 bridgehead atoms. The normalized spacial score (nSPS) is 12.4. The molecule has 4 rings (SSSR count). The van der Waals surface area contributed by atoms with Crippen LogP contribution >= 0.6 is 0 Å². The van der Waals surface area contributed by atoms with Gasteiger partial charge in [0, 0.05) is 114 Å². The van der Waals surface area contributed by atoms with E-state index < -0.39 is 46.9 Å². The first kappa shape index (κ1) is 75.3. The number of amides is 10. The maximum atomic E-state index is 13.2. The Balaban J connectivity index is 1.12. The number of hydrogen-bond acceptors (Lipinski definition) is 22. The summed E-state index contributed by atoms with van der Waals surface area (Å²) in [5.74, 6) is -2.38. The summed E-state index contributed by atoms with van der Waals surface area (Å²) in [6.45, 7) is 0.592. The van der Waals surface area contributed by atoms with Crippen molar-refractivity contribution in [3.05, 3.63) is 93.1 Å². The number of carbonyl (C=O) groups excluding carboxylic acids is 10. The van der Waals surface area contributed by atoms with Crippen molar-refractivity contribution < 1.29 is 96.3 Å². The number of imide groups is 2. The molecule has 0 fully saturated rings. The summed E-state index contributed by atoms with van der Waals surface area (Å²) in [6, 6.07) is 10.9. The molecule has 10 amide bonds. The van der Waals surface area contributed by atoms with Crippen LogP contribution in [0.15, 0.2) is 72.8 Å². The van der Waals surface area contributed by atoms with Crippen molar-refractivity contribution in [2.75, 3.05) is 118 Å². The van der Waals surface area contributed by atoms with Gasteiger partial charge >= 0.3 is 12.2 Å². The van der Waals surface area contributed by atoms with Crippen LogP contribution in [0.2, 0.25) is 0 Å². The average Bonchev–Trinajstić information content (AvgIpc) is 2.63. The molecule has 2 aliphatic heterocycles. The Bertz CT molecular complexity index is 2560. The van der Waals surface area contributed by atoms with Gasteiger partial charge in [-0.3, -0.25) is 73.3 Å². The number of ether oxygens (including phenoxy) is 4. The highest BCUT2D eigenvalue weighted by molar-refractivity contribution is 6.13. The molecule has 0 saturated heterocycles. The molecule has 0 atom stereocenters. The van der Waals surface area contributed by atoms with Gasteiger partial charge in [-0.05, 0) is 75.6 Å². The molecule has 506 valence electrons. The molecular weight excluding hydrogens is 1210 g/mol. The molecule has 0 radical (unpaired) electrons. The van der Waals surface area contributed by atoms with Crippen molar-refractivity contribution in [3.63, 3.8) is 0 Å². The van der Waals surface area contributed by atoms with Gasteiger partial charge < -0.3 is 54.9 Å². The minimum Gasteiger partial charge on any atom is -0.447 e. The van der Waals surface area contributed by atoms with Crippen molar-refractivity contribution >= 4 is 70.8 Å². The van der Waals surface area contributed by atoms with E-state index in [1.54, 1.807) is 0 Å². The largest absolute Gasteiger partial charge is 0.447 e. The third-order valence-corrected chi connectivity index (χ3v) is 13.6. The van der Waals surface area contributed by atoms with Gasteiger partial charge in [-0.15, -0.1) is 0 Å². The first-order valence-corrected chi connectivity index (χ1v) is 30.7. The number of nitrogens with one attached hydrogen (secondary N) is 4. The van der Waals surface area contributed by atoms with Gasteiger partial charge in [0.15, 0.2) is 11.5 Å². The van der Waals surface area contributed by atoms with Crippen LogP contribution in [0.5, 0.6) is 11.5 Å². The van der Waals surface area contributed by atoms with Crippen LogP contribution < -0.4 is 31.0 Å². The zero-order chi connectivity index (χ0) is 66.6. The number of benzene rings is 2. The molecule has 32 heteroatoms. The molecule has 2 aromatic carbocycles. The number of nitrogens with zero attached hydrogens (tertiary/aromatic N) is 6. The van der Waals surface area contributed by atoms with Gasteiger partial charge in [-0.1, -0.05) is 38.5 Å². The molecule has 0 spiro atoms. The van der Waals surface area contributed by atoms with E-state index in [2.05, 4.69) is 21.3 Å². The lowest BCUT2D eigenvalue weighted by molar-refractivity contribution is -0.385. The summed E-state index contributed by atoms with van der Waals surface area (Å²) >= 11 is 0. The van der Waals surface area contributed by atoms with Crippen LogP contribution in [0.3, 0.4) is 0 Å². The first-order chi connectivity index (χ1) is 44.5. The lowest BCUT2D eigenvalue weighted by Crippen LogP contribution is -2.46. The summed E-state index contributed by atoms with van der Waals surface area (Å²) in [5.41, 5.74) is -0.149. The SMILES string of the molecule is O=C(CCCCCN1C(=O)C=CC1=O)NCCN(CCNC(=O)CCCCCN1C(=O)C=CC1=O)C(=O)OCCOCCOCCOC(=O)N(CC(=O)NCCCCCCOOc1ccc([N+](=O)[O-])cc1)CC(=O)NCCCCCCOOc1ccc([N+](=O)[O-])cc1. The van der Waals surface area contributed by atoms with Crippen LogP contribution in [-0.4, -0.2) is 207 Å². The van der Waals surface area contributed by atoms with E-state index >= 15 is 0 Å². The Morgan fingerprint density at radius 3 is 1.14 bits per heavy atom. The van der Waals surface area contributed by atoms with Crippen molar-refractivity contribution in [3.8, 4) is 11.5 Å². The topological polar surface area (TPSA) is 392 Å². The number of unbranched alkanes of at least 4 members (excludes halogenated alkanes) is 10. The van der Waals surface area contributed by atoms with E-state index in [0.29, 0.717) is 88.8 Å². The summed E-state index contributed by atoms with van der Waals surface area (Å²) in [4.78, 5) is 171. The Morgan fingerprint density at radius 1 is 0.402 bits per heavy atom. The molecule has 2 aromatic rings. The summed E-state index contributed by atoms with van der Waals surface area (Å²) in [5, 5.41) is 32.7. The Kier molecular flexibility index (Phi) is 37.0. The molecule has 92 heavy (non-hydrogen) atoms. The smallest absolute Gasteiger partial charge is 0.410 e. The Hall–Kier alpha value is -9.14.